The average Bonchev–Trinajstić information content (AvgIpc) is 3.40. The molecule has 50 heavy (non-hydrogen) atoms. The summed E-state index contributed by atoms with van der Waals surface area (Å²) in [6, 6.07) is 24.1. The van der Waals surface area contributed by atoms with E-state index in [1.807, 2.05) is 49.9 Å². The van der Waals surface area contributed by atoms with Gasteiger partial charge in [-0.3, -0.25) is 14.4 Å². The molecule has 264 valence electrons. The molecule has 1 saturated carbocycles. The van der Waals surface area contributed by atoms with Gasteiger partial charge in [0.2, 0.25) is 11.8 Å². The first kappa shape index (κ1) is 35.2. The summed E-state index contributed by atoms with van der Waals surface area (Å²) < 4.78 is 5.56. The zero-order valence-electron chi connectivity index (χ0n) is 29.5. The summed E-state index contributed by atoms with van der Waals surface area (Å²) in [6.45, 7) is 6.71. The molecule has 3 aromatic rings. The Labute approximate surface area is 295 Å². The highest BCUT2D eigenvalue weighted by molar-refractivity contribution is 6.04. The molecule has 3 aromatic carbocycles. The summed E-state index contributed by atoms with van der Waals surface area (Å²) >= 11 is 0. The topological polar surface area (TPSA) is 117 Å². The third kappa shape index (κ3) is 8.37. The van der Waals surface area contributed by atoms with E-state index in [4.69, 9.17) is 4.74 Å². The molecule has 2 atom stereocenters. The number of carbonyl (C=O) groups excluding carboxylic acids is 4. The Balaban J connectivity index is 1.07. The van der Waals surface area contributed by atoms with Crippen LogP contribution in [0.5, 0.6) is 0 Å². The van der Waals surface area contributed by atoms with Crippen molar-refractivity contribution in [2.75, 3.05) is 23.7 Å². The molecular formula is C41H50N4O5. The van der Waals surface area contributed by atoms with Crippen molar-refractivity contribution in [3.8, 4) is 0 Å². The second-order valence-electron chi connectivity index (χ2n) is 15.3. The van der Waals surface area contributed by atoms with Crippen molar-refractivity contribution in [1.82, 2.24) is 10.2 Å². The molecule has 9 nitrogen and oxygen atoms in total. The highest BCUT2D eigenvalue weighted by Gasteiger charge is 2.47. The van der Waals surface area contributed by atoms with E-state index in [1.54, 1.807) is 36.4 Å². The largest absolute Gasteiger partial charge is 0.444 e. The number of rotatable bonds is 8. The molecule has 1 heterocycles. The van der Waals surface area contributed by atoms with Gasteiger partial charge < -0.3 is 25.6 Å². The summed E-state index contributed by atoms with van der Waals surface area (Å²) in [5.74, 6) is -0.0711. The van der Waals surface area contributed by atoms with Gasteiger partial charge >= 0.3 is 6.09 Å². The minimum atomic E-state index is -0.641. The number of anilines is 2. The molecule has 1 saturated heterocycles. The standard InChI is InChI=1S/C41H50N4O5/c1-40(2,3)50-39(49)44-36(28-12-6-4-7-13-28)38(48)45-24-22-41(23-25-45)27-30(33-16-10-11-17-34(33)41)26-35(46)42-31-18-20-32(21-19-31)43-37(47)29-14-8-5-9-15-29/h5,8-11,14-21,28,30,36H,4,6-7,12-13,22-27H2,1-3H3,(H,42,46)(H,43,47)(H,44,49)/t30?,36-/m0/s1. The minimum absolute atomic E-state index is 0.00882. The lowest BCUT2D eigenvalue weighted by Gasteiger charge is -2.42. The van der Waals surface area contributed by atoms with Crippen LogP contribution in [0.15, 0.2) is 78.9 Å². The molecule has 0 bridgehead atoms. The van der Waals surface area contributed by atoms with E-state index in [0.717, 1.165) is 51.4 Å². The van der Waals surface area contributed by atoms with Crippen LogP contribution in [0, 0.1) is 5.92 Å². The molecule has 1 unspecified atom stereocenters. The molecule has 2 aliphatic carbocycles. The number of nitrogens with zero attached hydrogens (tertiary/aromatic N) is 1. The summed E-state index contributed by atoms with van der Waals surface area (Å²) in [5, 5.41) is 8.91. The maximum Gasteiger partial charge on any atom is 0.408 e. The fraction of sp³-hybridized carbons (Fsp3) is 0.463. The molecule has 6 rings (SSSR count). The predicted molar refractivity (Wildman–Crippen MR) is 195 cm³/mol. The van der Waals surface area contributed by atoms with Crippen molar-refractivity contribution < 1.29 is 23.9 Å². The fourth-order valence-electron chi connectivity index (χ4n) is 8.18. The number of ether oxygens (including phenoxy) is 1. The van der Waals surface area contributed by atoms with Gasteiger partial charge in [-0.2, -0.15) is 0 Å². The Morgan fingerprint density at radius 1 is 0.820 bits per heavy atom. The Kier molecular flexibility index (Phi) is 10.6. The monoisotopic (exact) mass is 678 g/mol. The van der Waals surface area contributed by atoms with Gasteiger partial charge in [-0.05, 0) is 118 Å². The van der Waals surface area contributed by atoms with E-state index in [9.17, 15) is 19.2 Å². The molecule has 2 fully saturated rings. The van der Waals surface area contributed by atoms with Gasteiger partial charge in [-0.1, -0.05) is 61.7 Å². The average molecular weight is 679 g/mol. The van der Waals surface area contributed by atoms with E-state index in [2.05, 4.69) is 34.1 Å². The first-order chi connectivity index (χ1) is 24.0. The van der Waals surface area contributed by atoms with E-state index in [0.29, 0.717) is 36.4 Å². The third-order valence-electron chi connectivity index (χ3n) is 10.6. The number of fused-ring (bicyclic) bond motifs is 2. The summed E-state index contributed by atoms with van der Waals surface area (Å²) in [7, 11) is 0. The van der Waals surface area contributed by atoms with E-state index in [1.165, 1.54) is 11.1 Å². The number of alkyl carbamates (subject to hydrolysis) is 1. The quantitative estimate of drug-likeness (QED) is 0.225. The Morgan fingerprint density at radius 3 is 2.10 bits per heavy atom. The first-order valence-electron chi connectivity index (χ1n) is 18.1. The van der Waals surface area contributed by atoms with Crippen LogP contribution in [0.25, 0.3) is 0 Å². The van der Waals surface area contributed by atoms with E-state index < -0.39 is 17.7 Å². The van der Waals surface area contributed by atoms with Crippen LogP contribution < -0.4 is 16.0 Å². The molecule has 0 radical (unpaired) electrons. The van der Waals surface area contributed by atoms with Crippen molar-refractivity contribution in [3.63, 3.8) is 0 Å². The zero-order chi connectivity index (χ0) is 35.3. The highest BCUT2D eigenvalue weighted by atomic mass is 16.6. The molecular weight excluding hydrogens is 628 g/mol. The summed E-state index contributed by atoms with van der Waals surface area (Å²) in [6.07, 6.45) is 7.46. The molecule has 9 heteroatoms. The van der Waals surface area contributed by atoms with Crippen LogP contribution in [0.2, 0.25) is 0 Å². The van der Waals surface area contributed by atoms with Crippen LogP contribution in [-0.2, 0) is 19.7 Å². The molecule has 3 aliphatic rings. The van der Waals surface area contributed by atoms with Crippen molar-refractivity contribution in [1.29, 1.82) is 0 Å². The Morgan fingerprint density at radius 2 is 1.44 bits per heavy atom. The number of benzene rings is 3. The van der Waals surface area contributed by atoms with Gasteiger partial charge in [0, 0.05) is 36.4 Å². The van der Waals surface area contributed by atoms with Crippen LogP contribution >= 0.6 is 0 Å². The molecule has 3 N–H and O–H groups in total. The smallest absolute Gasteiger partial charge is 0.408 e. The SMILES string of the molecule is CC(C)(C)OC(=O)N[C@H](C(=O)N1CCC2(CC1)CC(CC(=O)Nc1ccc(NC(=O)c3ccccc3)cc1)c1ccccc12)C1CCCCC1. The summed E-state index contributed by atoms with van der Waals surface area (Å²) in [4.78, 5) is 54.7. The number of likely N-dealkylation sites (tertiary alicyclic amines) is 1. The molecule has 1 spiro atoms. The molecule has 4 amide bonds. The normalized spacial score (nSPS) is 19.3. The summed E-state index contributed by atoms with van der Waals surface area (Å²) in [5.41, 5.74) is 3.67. The van der Waals surface area contributed by atoms with Gasteiger partial charge in [0.05, 0.1) is 0 Å². The Hall–Kier alpha value is -4.66. The highest BCUT2D eigenvalue weighted by Crippen LogP contribution is 2.53. The van der Waals surface area contributed by atoms with Crippen LogP contribution in [0.1, 0.15) is 106 Å². The van der Waals surface area contributed by atoms with Crippen molar-refractivity contribution in [2.24, 2.45) is 5.92 Å². The number of hydrogen-bond acceptors (Lipinski definition) is 5. The Bertz CT molecular complexity index is 1670. The number of amides is 4. The lowest BCUT2D eigenvalue weighted by atomic mass is 9.73. The van der Waals surface area contributed by atoms with Crippen LogP contribution in [0.3, 0.4) is 0 Å². The second-order valence-corrected chi connectivity index (χ2v) is 15.3. The van der Waals surface area contributed by atoms with Gasteiger partial charge in [-0.15, -0.1) is 0 Å². The van der Waals surface area contributed by atoms with Gasteiger partial charge in [-0.25, -0.2) is 4.79 Å². The van der Waals surface area contributed by atoms with Crippen LogP contribution in [-0.4, -0.2) is 53.4 Å². The van der Waals surface area contributed by atoms with Crippen LogP contribution in [0.4, 0.5) is 16.2 Å². The zero-order valence-corrected chi connectivity index (χ0v) is 29.5. The lowest BCUT2D eigenvalue weighted by molar-refractivity contribution is -0.137. The van der Waals surface area contributed by atoms with Gasteiger partial charge in [0.15, 0.2) is 0 Å². The molecule has 0 aromatic heterocycles. The predicted octanol–water partition coefficient (Wildman–Crippen LogP) is 7.79. The fourth-order valence-corrected chi connectivity index (χ4v) is 8.18. The van der Waals surface area contributed by atoms with Crippen molar-refractivity contribution in [3.05, 3.63) is 95.6 Å². The van der Waals surface area contributed by atoms with E-state index in [-0.39, 0.29) is 35.0 Å². The first-order valence-corrected chi connectivity index (χ1v) is 18.1. The van der Waals surface area contributed by atoms with Gasteiger partial charge in [0.25, 0.3) is 5.91 Å². The lowest BCUT2D eigenvalue weighted by Crippen LogP contribution is -2.56. The maximum atomic E-state index is 14.1. The second kappa shape index (κ2) is 15.1. The minimum Gasteiger partial charge on any atom is -0.444 e. The molecule has 1 aliphatic heterocycles. The maximum absolute atomic E-state index is 14.1. The number of carbonyl (C=O) groups is 4. The van der Waals surface area contributed by atoms with Crippen molar-refractivity contribution >= 4 is 35.2 Å². The van der Waals surface area contributed by atoms with E-state index >= 15 is 0 Å². The van der Waals surface area contributed by atoms with Gasteiger partial charge in [0.1, 0.15) is 11.6 Å². The third-order valence-corrected chi connectivity index (χ3v) is 10.6. The number of piperidine rings is 1. The van der Waals surface area contributed by atoms with Crippen molar-refractivity contribution in [2.45, 2.75) is 102 Å². The number of hydrogen-bond donors (Lipinski definition) is 3. The number of nitrogens with one attached hydrogen (secondary N) is 3.